The fraction of sp³-hybridized carbons (Fsp3) is 0.385. The lowest BCUT2D eigenvalue weighted by molar-refractivity contribution is -0.140. The first-order chi connectivity index (χ1) is 9.07. The number of hydrogen-bond acceptors (Lipinski definition) is 2. The SMILES string of the molecule is CN1C(=O)C(C)(CC(=O)O)c2cc(C(F)(F)F)ccc21. The highest BCUT2D eigenvalue weighted by molar-refractivity contribution is 6.09. The molecule has 0 aliphatic carbocycles. The number of carbonyl (C=O) groups is 2. The Morgan fingerprint density at radius 1 is 1.40 bits per heavy atom. The van der Waals surface area contributed by atoms with E-state index >= 15 is 0 Å². The molecule has 1 aromatic carbocycles. The van der Waals surface area contributed by atoms with E-state index < -0.39 is 35.5 Å². The number of fused-ring (bicyclic) bond motifs is 1. The fourth-order valence-electron chi connectivity index (χ4n) is 2.51. The second kappa shape index (κ2) is 4.22. The molecule has 4 nitrogen and oxygen atoms in total. The van der Waals surface area contributed by atoms with Crippen molar-refractivity contribution in [1.82, 2.24) is 0 Å². The van der Waals surface area contributed by atoms with Crippen molar-refractivity contribution in [3.05, 3.63) is 29.3 Å². The molecule has 1 aliphatic rings. The van der Waals surface area contributed by atoms with E-state index in [2.05, 4.69) is 0 Å². The lowest BCUT2D eigenvalue weighted by atomic mass is 9.80. The van der Waals surface area contributed by atoms with Crippen molar-refractivity contribution in [2.45, 2.75) is 24.9 Å². The minimum absolute atomic E-state index is 0.0993. The van der Waals surface area contributed by atoms with Gasteiger partial charge in [0.05, 0.1) is 17.4 Å². The molecule has 108 valence electrons. The first-order valence-corrected chi connectivity index (χ1v) is 5.79. The zero-order valence-electron chi connectivity index (χ0n) is 10.8. The quantitative estimate of drug-likeness (QED) is 0.908. The van der Waals surface area contributed by atoms with Crippen LogP contribution in [0.2, 0.25) is 0 Å². The minimum Gasteiger partial charge on any atom is -0.481 e. The van der Waals surface area contributed by atoms with Gasteiger partial charge in [0.25, 0.3) is 0 Å². The number of aliphatic carboxylic acids is 1. The predicted molar refractivity (Wildman–Crippen MR) is 64.5 cm³/mol. The maximum atomic E-state index is 12.8. The van der Waals surface area contributed by atoms with E-state index in [1.807, 2.05) is 0 Å². The maximum Gasteiger partial charge on any atom is 0.416 e. The van der Waals surface area contributed by atoms with Crippen molar-refractivity contribution in [2.75, 3.05) is 11.9 Å². The van der Waals surface area contributed by atoms with Crippen LogP contribution in [0, 0.1) is 0 Å². The van der Waals surface area contributed by atoms with E-state index in [1.165, 1.54) is 24.9 Å². The van der Waals surface area contributed by atoms with Crippen LogP contribution in [0.1, 0.15) is 24.5 Å². The van der Waals surface area contributed by atoms with Crippen molar-refractivity contribution in [1.29, 1.82) is 0 Å². The average molecular weight is 287 g/mol. The lowest BCUT2D eigenvalue weighted by Gasteiger charge is -2.21. The highest BCUT2D eigenvalue weighted by Crippen LogP contribution is 2.45. The largest absolute Gasteiger partial charge is 0.481 e. The molecular weight excluding hydrogens is 275 g/mol. The number of benzene rings is 1. The molecule has 1 N–H and O–H groups in total. The smallest absolute Gasteiger partial charge is 0.416 e. The number of halogens is 3. The molecule has 20 heavy (non-hydrogen) atoms. The second-order valence-electron chi connectivity index (χ2n) is 5.00. The molecule has 1 aliphatic heterocycles. The number of carboxylic acid groups (broad SMARTS) is 1. The Morgan fingerprint density at radius 3 is 2.50 bits per heavy atom. The Hall–Kier alpha value is -2.05. The van der Waals surface area contributed by atoms with Crippen molar-refractivity contribution < 1.29 is 27.9 Å². The molecule has 2 rings (SSSR count). The van der Waals surface area contributed by atoms with Crippen LogP contribution in [0.4, 0.5) is 18.9 Å². The van der Waals surface area contributed by atoms with E-state index in [9.17, 15) is 22.8 Å². The summed E-state index contributed by atoms with van der Waals surface area (Å²) in [6.45, 7) is 1.35. The van der Waals surface area contributed by atoms with E-state index in [0.29, 0.717) is 5.69 Å². The van der Waals surface area contributed by atoms with Crippen molar-refractivity contribution in [2.24, 2.45) is 0 Å². The van der Waals surface area contributed by atoms with Gasteiger partial charge in [-0.3, -0.25) is 9.59 Å². The number of amides is 1. The zero-order valence-corrected chi connectivity index (χ0v) is 10.8. The summed E-state index contributed by atoms with van der Waals surface area (Å²) in [5.74, 6) is -1.76. The number of carbonyl (C=O) groups excluding carboxylic acids is 1. The lowest BCUT2D eigenvalue weighted by Crippen LogP contribution is -2.37. The Bertz CT molecular complexity index is 597. The van der Waals surface area contributed by atoms with Gasteiger partial charge in [0.2, 0.25) is 5.91 Å². The first-order valence-electron chi connectivity index (χ1n) is 5.79. The van der Waals surface area contributed by atoms with Crippen molar-refractivity contribution in [3.63, 3.8) is 0 Å². The molecule has 1 unspecified atom stereocenters. The van der Waals surface area contributed by atoms with E-state index in [-0.39, 0.29) is 5.56 Å². The molecule has 0 aromatic heterocycles. The van der Waals surface area contributed by atoms with Crippen LogP contribution in [0.3, 0.4) is 0 Å². The van der Waals surface area contributed by atoms with Crippen molar-refractivity contribution in [3.8, 4) is 0 Å². The Labute approximate surface area is 112 Å². The van der Waals surface area contributed by atoms with Crippen LogP contribution in [-0.4, -0.2) is 24.0 Å². The number of alkyl halides is 3. The Morgan fingerprint density at radius 2 is 2.00 bits per heavy atom. The number of hydrogen-bond donors (Lipinski definition) is 1. The van der Waals surface area contributed by atoms with Gasteiger partial charge in [0.1, 0.15) is 0 Å². The van der Waals surface area contributed by atoms with Crippen LogP contribution < -0.4 is 4.90 Å². The summed E-state index contributed by atoms with van der Waals surface area (Å²) < 4.78 is 38.3. The van der Waals surface area contributed by atoms with Crippen LogP contribution >= 0.6 is 0 Å². The van der Waals surface area contributed by atoms with Crippen LogP contribution in [-0.2, 0) is 21.2 Å². The monoisotopic (exact) mass is 287 g/mol. The highest BCUT2D eigenvalue weighted by Gasteiger charge is 2.48. The first kappa shape index (κ1) is 14.4. The van der Waals surface area contributed by atoms with Gasteiger partial charge in [-0.1, -0.05) is 0 Å². The molecule has 0 saturated carbocycles. The average Bonchev–Trinajstić information content (AvgIpc) is 2.50. The Balaban J connectivity index is 2.62. The van der Waals surface area contributed by atoms with Gasteiger partial charge in [-0.15, -0.1) is 0 Å². The molecule has 0 bridgehead atoms. The fourth-order valence-corrected chi connectivity index (χ4v) is 2.51. The van der Waals surface area contributed by atoms with Gasteiger partial charge in [0, 0.05) is 12.7 Å². The van der Waals surface area contributed by atoms with E-state index in [1.54, 1.807) is 0 Å². The third kappa shape index (κ3) is 2.03. The summed E-state index contributed by atoms with van der Waals surface area (Å²) in [7, 11) is 1.42. The van der Waals surface area contributed by atoms with Crippen LogP contribution in [0.5, 0.6) is 0 Å². The van der Waals surface area contributed by atoms with Gasteiger partial charge in [-0.25, -0.2) is 0 Å². The van der Waals surface area contributed by atoms with E-state index in [4.69, 9.17) is 5.11 Å². The van der Waals surface area contributed by atoms with Gasteiger partial charge in [-0.05, 0) is 30.7 Å². The zero-order chi connectivity index (χ0) is 15.3. The summed E-state index contributed by atoms with van der Waals surface area (Å²) in [5, 5.41) is 8.90. The molecule has 1 heterocycles. The summed E-state index contributed by atoms with van der Waals surface area (Å²) in [4.78, 5) is 24.3. The highest BCUT2D eigenvalue weighted by atomic mass is 19.4. The number of carboxylic acids is 1. The molecular formula is C13H12F3NO3. The number of nitrogens with zero attached hydrogens (tertiary/aromatic N) is 1. The van der Waals surface area contributed by atoms with Crippen LogP contribution in [0.15, 0.2) is 18.2 Å². The third-order valence-electron chi connectivity index (χ3n) is 3.56. The topological polar surface area (TPSA) is 57.6 Å². The van der Waals surface area contributed by atoms with Gasteiger partial charge in [-0.2, -0.15) is 13.2 Å². The number of rotatable bonds is 2. The van der Waals surface area contributed by atoms with Gasteiger partial charge in [0.15, 0.2) is 0 Å². The standard InChI is InChI=1S/C13H12F3NO3/c1-12(6-10(18)19)8-5-7(13(14,15)16)3-4-9(8)17(2)11(12)20/h3-5H,6H2,1-2H3,(H,18,19). The van der Waals surface area contributed by atoms with Gasteiger partial charge >= 0.3 is 12.1 Å². The molecule has 7 heteroatoms. The molecule has 0 saturated heterocycles. The molecule has 1 amide bonds. The minimum atomic E-state index is -4.54. The van der Waals surface area contributed by atoms with E-state index in [0.717, 1.165) is 12.1 Å². The third-order valence-corrected chi connectivity index (χ3v) is 3.56. The van der Waals surface area contributed by atoms with Gasteiger partial charge < -0.3 is 10.0 Å². The molecule has 1 atom stereocenters. The molecule has 0 spiro atoms. The molecule has 1 aromatic rings. The number of likely N-dealkylation sites (N-methyl/N-ethyl adjacent to an activating group) is 1. The maximum absolute atomic E-state index is 12.8. The molecule has 0 radical (unpaired) electrons. The summed E-state index contributed by atoms with van der Waals surface area (Å²) >= 11 is 0. The predicted octanol–water partition coefficient (Wildman–Crippen LogP) is 2.41. The van der Waals surface area contributed by atoms with Crippen molar-refractivity contribution >= 4 is 17.6 Å². The normalized spacial score (nSPS) is 22.1. The molecule has 0 fully saturated rings. The summed E-state index contributed by atoms with van der Waals surface area (Å²) in [5.41, 5.74) is -1.96. The second-order valence-corrected chi connectivity index (χ2v) is 5.00. The number of anilines is 1. The summed E-state index contributed by atoms with van der Waals surface area (Å²) in [6.07, 6.45) is -5.09. The van der Waals surface area contributed by atoms with Crippen LogP contribution in [0.25, 0.3) is 0 Å². The Kier molecular flexibility index (Phi) is 3.03. The summed E-state index contributed by atoms with van der Waals surface area (Å²) in [6, 6.07) is 2.94.